The molecule has 0 spiro atoms. The van der Waals surface area contributed by atoms with Gasteiger partial charge >= 0.3 is 5.97 Å². The molecule has 1 N–H and O–H groups in total. The van der Waals surface area contributed by atoms with Crippen LogP contribution in [-0.2, 0) is 9.53 Å². The maximum Gasteiger partial charge on any atom is 0.343 e. The van der Waals surface area contributed by atoms with Gasteiger partial charge in [-0.05, 0) is 51.0 Å². The quantitative estimate of drug-likeness (QED) is 0.429. The topological polar surface area (TPSA) is 94.9 Å². The van der Waals surface area contributed by atoms with Gasteiger partial charge in [0.05, 0.1) is 31.6 Å². The number of ether oxygens (including phenoxy) is 3. The zero-order chi connectivity index (χ0) is 25.3. The van der Waals surface area contributed by atoms with Crippen molar-refractivity contribution in [3.63, 3.8) is 0 Å². The van der Waals surface area contributed by atoms with Gasteiger partial charge in [0.2, 0.25) is 5.91 Å². The molecule has 0 aliphatic carbocycles. The summed E-state index contributed by atoms with van der Waals surface area (Å²) in [6, 6.07) is 17.0. The van der Waals surface area contributed by atoms with Crippen molar-refractivity contribution >= 4 is 17.7 Å². The first-order chi connectivity index (χ1) is 17.6. The van der Waals surface area contributed by atoms with Gasteiger partial charge in [-0.3, -0.25) is 9.69 Å². The molecule has 0 saturated carbocycles. The van der Waals surface area contributed by atoms with Gasteiger partial charge in [0, 0.05) is 13.1 Å². The molecule has 2 heterocycles. The highest BCUT2D eigenvalue weighted by Crippen LogP contribution is 2.29. The van der Waals surface area contributed by atoms with Crippen LogP contribution in [0.4, 0.5) is 5.82 Å². The van der Waals surface area contributed by atoms with E-state index >= 15 is 0 Å². The molecule has 1 aromatic heterocycles. The summed E-state index contributed by atoms with van der Waals surface area (Å²) in [6.07, 6.45) is 3.07. The fraction of sp³-hybridized carbons (Fsp3) is 0.370. The summed E-state index contributed by atoms with van der Waals surface area (Å²) >= 11 is 0. The van der Waals surface area contributed by atoms with Crippen LogP contribution in [0.1, 0.15) is 37.0 Å². The number of nitrogens with one attached hydrogen (secondary N) is 1. The van der Waals surface area contributed by atoms with E-state index in [1.807, 2.05) is 61.5 Å². The molecule has 0 radical (unpaired) electrons. The highest BCUT2D eigenvalue weighted by atomic mass is 16.5. The van der Waals surface area contributed by atoms with Gasteiger partial charge in [0.15, 0.2) is 17.3 Å². The zero-order valence-electron chi connectivity index (χ0n) is 20.7. The molecule has 1 saturated heterocycles. The number of aromatic nitrogens is 2. The Morgan fingerprint density at radius 3 is 2.36 bits per heavy atom. The molecule has 36 heavy (non-hydrogen) atoms. The van der Waals surface area contributed by atoms with Gasteiger partial charge in [-0.15, -0.1) is 0 Å². The number of anilines is 1. The summed E-state index contributed by atoms with van der Waals surface area (Å²) in [7, 11) is 0. The van der Waals surface area contributed by atoms with E-state index in [0.29, 0.717) is 12.4 Å². The molecular weight excluding hydrogens is 460 g/mol. The first-order valence-corrected chi connectivity index (χ1v) is 12.3. The Labute approximate surface area is 210 Å². The molecule has 1 aliphatic rings. The lowest BCUT2D eigenvalue weighted by Crippen LogP contribution is -2.42. The largest absolute Gasteiger partial charge is 0.490 e. The van der Waals surface area contributed by atoms with E-state index in [0.717, 1.165) is 43.1 Å². The van der Waals surface area contributed by atoms with Gasteiger partial charge in [0.25, 0.3) is 0 Å². The van der Waals surface area contributed by atoms with Crippen LogP contribution in [0.15, 0.2) is 60.8 Å². The summed E-state index contributed by atoms with van der Waals surface area (Å²) in [5.41, 5.74) is 0.947. The number of piperidine rings is 1. The normalized spacial score (nSPS) is 14.3. The number of para-hydroxylation sites is 3. The van der Waals surface area contributed by atoms with Crippen molar-refractivity contribution < 1.29 is 23.8 Å². The van der Waals surface area contributed by atoms with Crippen molar-refractivity contribution in [3.8, 4) is 17.2 Å². The summed E-state index contributed by atoms with van der Waals surface area (Å²) < 4.78 is 18.5. The Bertz CT molecular complexity index is 1160. The monoisotopic (exact) mass is 492 g/mol. The molecule has 3 aromatic rings. The lowest BCUT2D eigenvalue weighted by molar-refractivity contribution is -0.117. The number of hydrogen-bond acceptors (Lipinski definition) is 7. The van der Waals surface area contributed by atoms with E-state index in [2.05, 4.69) is 15.3 Å². The Morgan fingerprint density at radius 2 is 1.67 bits per heavy atom. The van der Waals surface area contributed by atoms with Crippen molar-refractivity contribution in [2.75, 3.05) is 38.2 Å². The van der Waals surface area contributed by atoms with Crippen LogP contribution in [-0.4, -0.2) is 65.5 Å². The number of carbonyl (C=O) groups is 2. The van der Waals surface area contributed by atoms with Crippen molar-refractivity contribution in [1.29, 1.82) is 0 Å². The maximum atomic E-state index is 13.0. The van der Waals surface area contributed by atoms with Gasteiger partial charge in [0.1, 0.15) is 11.7 Å². The fourth-order valence-corrected chi connectivity index (χ4v) is 4.15. The van der Waals surface area contributed by atoms with E-state index < -0.39 is 5.97 Å². The van der Waals surface area contributed by atoms with Gasteiger partial charge in [-0.1, -0.05) is 30.3 Å². The highest BCUT2D eigenvalue weighted by Gasteiger charge is 2.25. The molecule has 1 fully saturated rings. The number of esters is 1. The highest BCUT2D eigenvalue weighted by molar-refractivity contribution is 6.01. The molecule has 0 bridgehead atoms. The summed E-state index contributed by atoms with van der Waals surface area (Å²) in [5, 5.41) is 7.21. The van der Waals surface area contributed by atoms with E-state index in [9.17, 15) is 9.59 Å². The van der Waals surface area contributed by atoms with Crippen LogP contribution in [0.5, 0.6) is 11.5 Å². The fourth-order valence-electron chi connectivity index (χ4n) is 4.15. The van der Waals surface area contributed by atoms with Crippen molar-refractivity contribution in [2.24, 2.45) is 0 Å². The molecule has 0 unspecified atom stereocenters. The lowest BCUT2D eigenvalue weighted by Gasteiger charge is -2.32. The smallest absolute Gasteiger partial charge is 0.343 e. The van der Waals surface area contributed by atoms with Gasteiger partial charge in [-0.25, -0.2) is 9.48 Å². The Kier molecular flexibility index (Phi) is 8.57. The van der Waals surface area contributed by atoms with Gasteiger partial charge in [-0.2, -0.15) is 5.10 Å². The average Bonchev–Trinajstić information content (AvgIpc) is 3.30. The molecular formula is C27H32N4O5. The zero-order valence-corrected chi connectivity index (χ0v) is 20.7. The summed E-state index contributed by atoms with van der Waals surface area (Å²) in [4.78, 5) is 27.5. The average molecular weight is 493 g/mol. The summed E-state index contributed by atoms with van der Waals surface area (Å²) in [6.45, 7) is 6.13. The van der Waals surface area contributed by atoms with Crippen molar-refractivity contribution in [2.45, 2.75) is 32.8 Å². The molecule has 0 atom stereocenters. The minimum Gasteiger partial charge on any atom is -0.490 e. The van der Waals surface area contributed by atoms with Crippen LogP contribution in [0.2, 0.25) is 0 Å². The predicted octanol–water partition coefficient (Wildman–Crippen LogP) is 3.93. The minimum atomic E-state index is -0.528. The number of benzene rings is 2. The third-order valence-corrected chi connectivity index (χ3v) is 5.87. The van der Waals surface area contributed by atoms with Crippen molar-refractivity contribution in [1.82, 2.24) is 14.7 Å². The lowest BCUT2D eigenvalue weighted by atomic mass is 10.1. The molecule has 1 aliphatic heterocycles. The molecule has 2 aromatic carbocycles. The Balaban J connectivity index is 1.37. The first-order valence-electron chi connectivity index (χ1n) is 12.3. The maximum absolute atomic E-state index is 13.0. The second-order valence-electron chi connectivity index (χ2n) is 8.40. The van der Waals surface area contributed by atoms with Gasteiger partial charge < -0.3 is 19.5 Å². The Morgan fingerprint density at radius 1 is 0.972 bits per heavy atom. The third kappa shape index (κ3) is 6.23. The van der Waals surface area contributed by atoms with Crippen LogP contribution >= 0.6 is 0 Å². The van der Waals surface area contributed by atoms with E-state index in [4.69, 9.17) is 14.2 Å². The first kappa shape index (κ1) is 25.2. The number of hydrogen-bond donors (Lipinski definition) is 1. The third-order valence-electron chi connectivity index (χ3n) is 5.87. The van der Waals surface area contributed by atoms with Crippen molar-refractivity contribution in [3.05, 3.63) is 66.4 Å². The number of amides is 1. The molecule has 4 rings (SSSR count). The predicted molar refractivity (Wildman–Crippen MR) is 136 cm³/mol. The van der Waals surface area contributed by atoms with Crippen LogP contribution in [0.25, 0.3) is 5.69 Å². The van der Waals surface area contributed by atoms with Crippen LogP contribution in [0.3, 0.4) is 0 Å². The SMILES string of the molecule is CCOC(=O)c1cnn(-c2ccccc2)c1NC(=O)CN1CCC(Oc2ccccc2OCC)CC1. The molecule has 1 amide bonds. The Hall–Kier alpha value is -3.85. The van der Waals surface area contributed by atoms with E-state index in [-0.39, 0.29) is 30.7 Å². The number of rotatable bonds is 10. The van der Waals surface area contributed by atoms with E-state index in [1.54, 1.807) is 11.6 Å². The van der Waals surface area contributed by atoms with Crippen LogP contribution in [0, 0.1) is 0 Å². The standard InChI is InChI=1S/C27H32N4O5/c1-3-34-23-12-8-9-13-24(23)36-21-14-16-30(17-15-21)19-25(32)29-26-22(27(33)35-4-2)18-28-31(26)20-10-6-5-7-11-20/h5-13,18,21H,3-4,14-17,19H2,1-2H3,(H,29,32). The summed E-state index contributed by atoms with van der Waals surface area (Å²) in [5.74, 6) is 1.04. The van der Waals surface area contributed by atoms with Crippen LogP contribution < -0.4 is 14.8 Å². The number of nitrogens with zero attached hydrogens (tertiary/aromatic N) is 3. The second-order valence-corrected chi connectivity index (χ2v) is 8.40. The molecule has 9 nitrogen and oxygen atoms in total. The number of carbonyl (C=O) groups excluding carboxylic acids is 2. The number of likely N-dealkylation sites (tertiary alicyclic amines) is 1. The molecule has 9 heteroatoms. The molecule has 190 valence electrons. The second kappa shape index (κ2) is 12.2. The minimum absolute atomic E-state index is 0.0563. The van der Waals surface area contributed by atoms with E-state index in [1.165, 1.54) is 6.20 Å².